The minimum atomic E-state index is -0.794. The van der Waals surface area contributed by atoms with E-state index in [2.05, 4.69) is 10.3 Å². The lowest BCUT2D eigenvalue weighted by Gasteiger charge is -2.12. The average molecular weight is 262 g/mol. The molecule has 0 spiro atoms. The molecule has 2 aromatic rings. The maximum Gasteiger partial charge on any atom is 0.231 e. The summed E-state index contributed by atoms with van der Waals surface area (Å²) in [5.74, 6) is 1.37. The Morgan fingerprint density at radius 3 is 2.89 bits per heavy atom. The van der Waals surface area contributed by atoms with Gasteiger partial charge in [-0.2, -0.15) is 0 Å². The Morgan fingerprint density at radius 1 is 1.32 bits per heavy atom. The lowest BCUT2D eigenvalue weighted by molar-refractivity contribution is 0.105. The molecule has 2 heterocycles. The standard InChI is InChI=1S/C13H14N2O4/c16-6-8(17)5-15-10-1-2-14-11-4-13-12(3-9(10)11)18-7-19-13/h1-4,8,16-17H,5-7H2,(H,14,15)/t8-/m0/s1. The molecule has 1 aliphatic rings. The second kappa shape index (κ2) is 4.91. The first-order chi connectivity index (χ1) is 9.28. The smallest absolute Gasteiger partial charge is 0.231 e. The van der Waals surface area contributed by atoms with Crippen LogP contribution in [0.15, 0.2) is 24.4 Å². The highest BCUT2D eigenvalue weighted by molar-refractivity contribution is 5.93. The van der Waals surface area contributed by atoms with Gasteiger partial charge in [-0.15, -0.1) is 0 Å². The van der Waals surface area contributed by atoms with Crippen molar-refractivity contribution in [2.24, 2.45) is 0 Å². The van der Waals surface area contributed by atoms with E-state index < -0.39 is 6.10 Å². The fraction of sp³-hybridized carbons (Fsp3) is 0.308. The largest absolute Gasteiger partial charge is 0.454 e. The summed E-state index contributed by atoms with van der Waals surface area (Å²) in [6, 6.07) is 5.50. The van der Waals surface area contributed by atoms with Crippen molar-refractivity contribution in [3.8, 4) is 11.5 Å². The highest BCUT2D eigenvalue weighted by Crippen LogP contribution is 2.37. The first-order valence-electron chi connectivity index (χ1n) is 5.99. The number of aliphatic hydroxyl groups is 2. The molecule has 0 unspecified atom stereocenters. The normalized spacial score (nSPS) is 14.6. The summed E-state index contributed by atoms with van der Waals surface area (Å²) in [6.07, 6.45) is 0.885. The number of rotatable bonds is 4. The maximum absolute atomic E-state index is 9.37. The van der Waals surface area contributed by atoms with Gasteiger partial charge in [0.25, 0.3) is 0 Å². The van der Waals surface area contributed by atoms with Crippen LogP contribution in [-0.4, -0.2) is 41.2 Å². The van der Waals surface area contributed by atoms with E-state index in [1.807, 2.05) is 18.2 Å². The molecule has 19 heavy (non-hydrogen) atoms. The molecule has 3 N–H and O–H groups in total. The molecule has 1 aliphatic heterocycles. The molecule has 6 nitrogen and oxygen atoms in total. The van der Waals surface area contributed by atoms with Crippen LogP contribution in [0.5, 0.6) is 11.5 Å². The predicted octanol–water partition coefficient (Wildman–Crippen LogP) is 0.729. The first kappa shape index (κ1) is 12.0. The number of aliphatic hydroxyl groups excluding tert-OH is 2. The Labute approximate surface area is 109 Å². The summed E-state index contributed by atoms with van der Waals surface area (Å²) >= 11 is 0. The van der Waals surface area contributed by atoms with E-state index in [9.17, 15) is 5.11 Å². The molecule has 0 aliphatic carbocycles. The fourth-order valence-electron chi connectivity index (χ4n) is 1.98. The highest BCUT2D eigenvalue weighted by atomic mass is 16.7. The Bertz CT molecular complexity index is 602. The maximum atomic E-state index is 9.37. The number of hydrogen-bond acceptors (Lipinski definition) is 6. The average Bonchev–Trinajstić information content (AvgIpc) is 2.89. The Morgan fingerprint density at radius 2 is 2.11 bits per heavy atom. The van der Waals surface area contributed by atoms with Crippen molar-refractivity contribution in [1.82, 2.24) is 4.98 Å². The van der Waals surface area contributed by atoms with Crippen LogP contribution in [0.4, 0.5) is 5.69 Å². The van der Waals surface area contributed by atoms with Gasteiger partial charge in [0.15, 0.2) is 11.5 Å². The highest BCUT2D eigenvalue weighted by Gasteiger charge is 2.16. The summed E-state index contributed by atoms with van der Waals surface area (Å²) in [5.41, 5.74) is 1.61. The summed E-state index contributed by atoms with van der Waals surface area (Å²) in [6.45, 7) is 0.212. The number of ether oxygens (including phenoxy) is 2. The van der Waals surface area contributed by atoms with Crippen molar-refractivity contribution in [1.29, 1.82) is 0 Å². The Balaban J connectivity index is 1.96. The van der Waals surface area contributed by atoms with E-state index in [0.717, 1.165) is 16.6 Å². The third-order valence-electron chi connectivity index (χ3n) is 2.97. The number of aromatic nitrogens is 1. The second-order valence-corrected chi connectivity index (χ2v) is 4.30. The number of anilines is 1. The number of fused-ring (bicyclic) bond motifs is 2. The van der Waals surface area contributed by atoms with Crippen LogP contribution in [0.3, 0.4) is 0 Å². The summed E-state index contributed by atoms with van der Waals surface area (Å²) in [4.78, 5) is 4.28. The second-order valence-electron chi connectivity index (χ2n) is 4.30. The lowest BCUT2D eigenvalue weighted by atomic mass is 10.1. The third kappa shape index (κ3) is 2.27. The SMILES string of the molecule is OC[C@@H](O)CNc1ccnc2cc3c(cc12)OCO3. The fourth-order valence-corrected chi connectivity index (χ4v) is 1.98. The third-order valence-corrected chi connectivity index (χ3v) is 2.97. The van der Waals surface area contributed by atoms with Crippen LogP contribution < -0.4 is 14.8 Å². The van der Waals surface area contributed by atoms with Crippen LogP contribution in [0, 0.1) is 0 Å². The van der Waals surface area contributed by atoms with Crippen LogP contribution in [0.25, 0.3) is 10.9 Å². The van der Waals surface area contributed by atoms with Gasteiger partial charge in [0.05, 0.1) is 18.2 Å². The van der Waals surface area contributed by atoms with Crippen molar-refractivity contribution in [3.63, 3.8) is 0 Å². The van der Waals surface area contributed by atoms with Crippen molar-refractivity contribution < 1.29 is 19.7 Å². The Hall–Kier alpha value is -2.05. The van der Waals surface area contributed by atoms with Crippen LogP contribution in [0.1, 0.15) is 0 Å². The van der Waals surface area contributed by atoms with Gasteiger partial charge >= 0.3 is 0 Å². The molecule has 1 aromatic carbocycles. The molecule has 0 bridgehead atoms. The van der Waals surface area contributed by atoms with E-state index in [1.54, 1.807) is 6.20 Å². The summed E-state index contributed by atoms with van der Waals surface area (Å²) in [7, 11) is 0. The zero-order valence-corrected chi connectivity index (χ0v) is 10.2. The van der Waals surface area contributed by atoms with Gasteiger partial charge in [-0.05, 0) is 12.1 Å². The molecule has 0 radical (unpaired) electrons. The lowest BCUT2D eigenvalue weighted by Crippen LogP contribution is -2.23. The molecule has 1 aromatic heterocycles. The zero-order chi connectivity index (χ0) is 13.2. The van der Waals surface area contributed by atoms with Crippen molar-refractivity contribution in [3.05, 3.63) is 24.4 Å². The molecule has 0 saturated carbocycles. The molecule has 0 amide bonds. The van der Waals surface area contributed by atoms with Crippen molar-refractivity contribution in [2.75, 3.05) is 25.3 Å². The van der Waals surface area contributed by atoms with Crippen LogP contribution in [-0.2, 0) is 0 Å². The minimum Gasteiger partial charge on any atom is -0.454 e. The molecule has 0 saturated heterocycles. The van der Waals surface area contributed by atoms with Gasteiger partial charge in [0.2, 0.25) is 6.79 Å². The van der Waals surface area contributed by atoms with Gasteiger partial charge in [0, 0.05) is 29.9 Å². The topological polar surface area (TPSA) is 83.8 Å². The van der Waals surface area contributed by atoms with Gasteiger partial charge in [-0.3, -0.25) is 4.98 Å². The first-order valence-corrected chi connectivity index (χ1v) is 5.99. The number of benzene rings is 1. The predicted molar refractivity (Wildman–Crippen MR) is 69.4 cm³/mol. The van der Waals surface area contributed by atoms with E-state index in [1.165, 1.54) is 0 Å². The molecule has 3 rings (SSSR count). The number of hydrogen-bond donors (Lipinski definition) is 3. The van der Waals surface area contributed by atoms with Crippen molar-refractivity contribution in [2.45, 2.75) is 6.10 Å². The van der Waals surface area contributed by atoms with Crippen LogP contribution >= 0.6 is 0 Å². The number of pyridine rings is 1. The molecular weight excluding hydrogens is 248 g/mol. The summed E-state index contributed by atoms with van der Waals surface area (Å²) < 4.78 is 10.6. The van der Waals surface area contributed by atoms with Gasteiger partial charge in [-0.25, -0.2) is 0 Å². The summed E-state index contributed by atoms with van der Waals surface area (Å²) in [5, 5.41) is 22.2. The molecular formula is C13H14N2O4. The molecule has 0 fully saturated rings. The number of nitrogens with zero attached hydrogens (tertiary/aromatic N) is 1. The van der Waals surface area contributed by atoms with E-state index in [4.69, 9.17) is 14.6 Å². The molecule has 1 atom stereocenters. The molecule has 6 heteroatoms. The van der Waals surface area contributed by atoms with Crippen molar-refractivity contribution >= 4 is 16.6 Å². The van der Waals surface area contributed by atoms with Gasteiger partial charge < -0.3 is 25.0 Å². The molecule has 100 valence electrons. The van der Waals surface area contributed by atoms with E-state index in [0.29, 0.717) is 11.5 Å². The Kier molecular flexibility index (Phi) is 3.10. The van der Waals surface area contributed by atoms with Gasteiger partial charge in [-0.1, -0.05) is 0 Å². The quantitative estimate of drug-likeness (QED) is 0.753. The van der Waals surface area contributed by atoms with Crippen LogP contribution in [0.2, 0.25) is 0 Å². The van der Waals surface area contributed by atoms with E-state index in [-0.39, 0.29) is 19.9 Å². The number of nitrogens with one attached hydrogen (secondary N) is 1. The monoisotopic (exact) mass is 262 g/mol. The minimum absolute atomic E-state index is 0.220. The van der Waals surface area contributed by atoms with Gasteiger partial charge in [0.1, 0.15) is 0 Å². The van der Waals surface area contributed by atoms with E-state index >= 15 is 0 Å². The zero-order valence-electron chi connectivity index (χ0n) is 10.2.